The van der Waals surface area contributed by atoms with Crippen molar-refractivity contribution in [1.82, 2.24) is 14.7 Å². The molecule has 5 nitrogen and oxygen atoms in total. The number of rotatable bonds is 6. The summed E-state index contributed by atoms with van der Waals surface area (Å²) in [6, 6.07) is 16.7. The molecular formula is C24H31N3O2S. The SMILES string of the molecule is CCC(C)(C)S(=O)(=O)NC1CCC(c2nc3ccc(-c4ccccc4)cc3[nH]2)CC1. The molecule has 1 aromatic heterocycles. The van der Waals surface area contributed by atoms with E-state index in [9.17, 15) is 8.42 Å². The van der Waals surface area contributed by atoms with Crippen LogP contribution in [0.15, 0.2) is 48.5 Å². The zero-order chi connectivity index (χ0) is 21.4. The lowest BCUT2D eigenvalue weighted by Gasteiger charge is -2.31. The van der Waals surface area contributed by atoms with Gasteiger partial charge in [-0.25, -0.2) is 18.1 Å². The van der Waals surface area contributed by atoms with Gasteiger partial charge in [-0.2, -0.15) is 0 Å². The number of hydrogen-bond acceptors (Lipinski definition) is 3. The van der Waals surface area contributed by atoms with Crippen molar-refractivity contribution in [2.45, 2.75) is 69.6 Å². The first-order valence-corrected chi connectivity index (χ1v) is 12.3. The lowest BCUT2D eigenvalue weighted by molar-refractivity contribution is 0.363. The third kappa shape index (κ3) is 4.16. The molecule has 0 saturated heterocycles. The Labute approximate surface area is 179 Å². The molecule has 6 heteroatoms. The number of benzene rings is 2. The number of aromatic nitrogens is 2. The number of H-pyrrole nitrogens is 1. The zero-order valence-corrected chi connectivity index (χ0v) is 18.8. The number of nitrogens with one attached hydrogen (secondary N) is 2. The van der Waals surface area contributed by atoms with Crippen molar-refractivity contribution in [2.75, 3.05) is 0 Å². The van der Waals surface area contributed by atoms with Crippen LogP contribution in [0.1, 0.15) is 64.6 Å². The van der Waals surface area contributed by atoms with E-state index in [1.54, 1.807) is 13.8 Å². The number of sulfonamides is 1. The van der Waals surface area contributed by atoms with E-state index in [0.29, 0.717) is 12.3 Å². The first kappa shape index (κ1) is 21.1. The monoisotopic (exact) mass is 425 g/mol. The Kier molecular flexibility index (Phi) is 5.73. The molecule has 1 aliphatic rings. The lowest BCUT2D eigenvalue weighted by atomic mass is 9.86. The Hall–Kier alpha value is -2.18. The first-order chi connectivity index (χ1) is 14.3. The van der Waals surface area contributed by atoms with Gasteiger partial charge in [-0.05, 0) is 69.2 Å². The van der Waals surface area contributed by atoms with E-state index in [-0.39, 0.29) is 6.04 Å². The van der Waals surface area contributed by atoms with Crippen LogP contribution in [0.4, 0.5) is 0 Å². The van der Waals surface area contributed by atoms with Gasteiger partial charge >= 0.3 is 0 Å². The van der Waals surface area contributed by atoms with Gasteiger partial charge in [0.05, 0.1) is 15.8 Å². The van der Waals surface area contributed by atoms with Crippen LogP contribution < -0.4 is 4.72 Å². The second-order valence-corrected chi connectivity index (χ2v) is 11.4. The Morgan fingerprint density at radius 3 is 2.40 bits per heavy atom. The van der Waals surface area contributed by atoms with E-state index in [0.717, 1.165) is 42.5 Å². The van der Waals surface area contributed by atoms with Gasteiger partial charge < -0.3 is 4.98 Å². The van der Waals surface area contributed by atoms with Gasteiger partial charge in [0.25, 0.3) is 0 Å². The van der Waals surface area contributed by atoms with Crippen molar-refractivity contribution in [3.63, 3.8) is 0 Å². The predicted octanol–water partition coefficient (Wildman–Crippen LogP) is 5.36. The fourth-order valence-corrected chi connectivity index (χ4v) is 5.46. The third-order valence-corrected chi connectivity index (χ3v) is 9.01. The summed E-state index contributed by atoms with van der Waals surface area (Å²) < 4.78 is 27.5. The van der Waals surface area contributed by atoms with Crippen LogP contribution in [0.2, 0.25) is 0 Å². The van der Waals surface area contributed by atoms with E-state index >= 15 is 0 Å². The van der Waals surface area contributed by atoms with Gasteiger partial charge in [-0.1, -0.05) is 43.3 Å². The highest BCUT2D eigenvalue weighted by atomic mass is 32.2. The van der Waals surface area contributed by atoms with Gasteiger partial charge in [0.1, 0.15) is 5.82 Å². The molecule has 0 atom stereocenters. The van der Waals surface area contributed by atoms with Crippen molar-refractivity contribution >= 4 is 21.1 Å². The summed E-state index contributed by atoms with van der Waals surface area (Å²) in [7, 11) is -3.32. The summed E-state index contributed by atoms with van der Waals surface area (Å²) in [4.78, 5) is 8.35. The minimum absolute atomic E-state index is 0.0196. The van der Waals surface area contributed by atoms with E-state index in [1.807, 2.05) is 25.1 Å². The molecule has 1 saturated carbocycles. The van der Waals surface area contributed by atoms with Crippen molar-refractivity contribution < 1.29 is 8.42 Å². The summed E-state index contributed by atoms with van der Waals surface area (Å²) in [5, 5.41) is 0. The highest BCUT2D eigenvalue weighted by molar-refractivity contribution is 7.90. The fourth-order valence-electron chi connectivity index (χ4n) is 4.09. The average Bonchev–Trinajstić information content (AvgIpc) is 3.18. The van der Waals surface area contributed by atoms with Gasteiger partial charge in [-0.3, -0.25) is 0 Å². The van der Waals surface area contributed by atoms with E-state index in [4.69, 9.17) is 4.98 Å². The van der Waals surface area contributed by atoms with Crippen LogP contribution in [-0.2, 0) is 10.0 Å². The largest absolute Gasteiger partial charge is 0.342 e. The van der Waals surface area contributed by atoms with E-state index in [1.165, 1.54) is 11.1 Å². The zero-order valence-electron chi connectivity index (χ0n) is 18.0. The Balaban J connectivity index is 1.45. The topological polar surface area (TPSA) is 74.8 Å². The van der Waals surface area contributed by atoms with Crippen molar-refractivity contribution in [3.05, 3.63) is 54.4 Å². The summed E-state index contributed by atoms with van der Waals surface area (Å²) in [6.45, 7) is 5.50. The summed E-state index contributed by atoms with van der Waals surface area (Å²) in [5.74, 6) is 1.36. The fraction of sp³-hybridized carbons (Fsp3) is 0.458. The highest BCUT2D eigenvalue weighted by Crippen LogP contribution is 2.34. The van der Waals surface area contributed by atoms with Gasteiger partial charge in [0.2, 0.25) is 10.0 Å². The van der Waals surface area contributed by atoms with Crippen molar-refractivity contribution in [2.24, 2.45) is 0 Å². The molecule has 0 radical (unpaired) electrons. The predicted molar refractivity (Wildman–Crippen MR) is 123 cm³/mol. The minimum atomic E-state index is -3.32. The first-order valence-electron chi connectivity index (χ1n) is 10.9. The number of aromatic amines is 1. The second-order valence-electron chi connectivity index (χ2n) is 9.00. The van der Waals surface area contributed by atoms with Crippen LogP contribution in [0.5, 0.6) is 0 Å². The summed E-state index contributed by atoms with van der Waals surface area (Å²) in [6.07, 6.45) is 4.16. The molecular weight excluding hydrogens is 394 g/mol. The maximum absolute atomic E-state index is 12.6. The van der Waals surface area contributed by atoms with E-state index in [2.05, 4.69) is 40.0 Å². The Morgan fingerprint density at radius 2 is 1.73 bits per heavy atom. The quantitative estimate of drug-likeness (QED) is 0.558. The van der Waals surface area contributed by atoms with E-state index < -0.39 is 14.8 Å². The maximum Gasteiger partial charge on any atom is 0.217 e. The number of imidazole rings is 1. The molecule has 0 bridgehead atoms. The molecule has 4 rings (SSSR count). The lowest BCUT2D eigenvalue weighted by Crippen LogP contribution is -2.46. The summed E-state index contributed by atoms with van der Waals surface area (Å²) >= 11 is 0. The number of hydrogen-bond donors (Lipinski definition) is 2. The molecule has 0 spiro atoms. The molecule has 160 valence electrons. The smallest absolute Gasteiger partial charge is 0.217 e. The van der Waals surface area contributed by atoms with Crippen LogP contribution in [0.3, 0.4) is 0 Å². The van der Waals surface area contributed by atoms with Gasteiger partial charge in [-0.15, -0.1) is 0 Å². The van der Waals surface area contributed by atoms with Crippen LogP contribution in [0, 0.1) is 0 Å². The van der Waals surface area contributed by atoms with Crippen molar-refractivity contribution in [3.8, 4) is 11.1 Å². The third-order valence-electron chi connectivity index (χ3n) is 6.62. The normalized spacial score (nSPS) is 20.5. The number of nitrogens with zero attached hydrogens (tertiary/aromatic N) is 1. The Bertz CT molecular complexity index is 1110. The molecule has 3 aromatic rings. The maximum atomic E-state index is 12.6. The standard InChI is InChI=1S/C24H31N3O2S/c1-4-24(2,3)30(28,29)27-20-13-10-18(11-14-20)23-25-21-15-12-19(16-22(21)26-23)17-8-6-5-7-9-17/h5-9,12,15-16,18,20,27H,4,10-11,13-14H2,1-3H3,(H,25,26). The molecule has 30 heavy (non-hydrogen) atoms. The average molecular weight is 426 g/mol. The van der Waals surface area contributed by atoms with Crippen LogP contribution in [-0.4, -0.2) is 29.2 Å². The molecule has 2 N–H and O–H groups in total. The van der Waals surface area contributed by atoms with Crippen LogP contribution >= 0.6 is 0 Å². The minimum Gasteiger partial charge on any atom is -0.342 e. The molecule has 1 aliphatic carbocycles. The van der Waals surface area contributed by atoms with Crippen LogP contribution in [0.25, 0.3) is 22.2 Å². The molecule has 1 heterocycles. The molecule has 0 amide bonds. The Morgan fingerprint density at radius 1 is 1.03 bits per heavy atom. The second kappa shape index (κ2) is 8.16. The molecule has 2 aromatic carbocycles. The number of fused-ring (bicyclic) bond motifs is 1. The summed E-state index contributed by atoms with van der Waals surface area (Å²) in [5.41, 5.74) is 4.41. The molecule has 0 unspecified atom stereocenters. The van der Waals surface area contributed by atoms with Gasteiger partial charge in [0.15, 0.2) is 0 Å². The molecule has 0 aliphatic heterocycles. The van der Waals surface area contributed by atoms with Gasteiger partial charge in [0, 0.05) is 12.0 Å². The highest BCUT2D eigenvalue weighted by Gasteiger charge is 2.35. The molecule has 1 fully saturated rings. The van der Waals surface area contributed by atoms with Crippen molar-refractivity contribution in [1.29, 1.82) is 0 Å².